The number of nitrogens with zero attached hydrogens (tertiary/aromatic N) is 3. The van der Waals surface area contributed by atoms with Crippen LogP contribution in [0.2, 0.25) is 0 Å². The average Bonchev–Trinajstić information content (AvgIpc) is 2.79. The van der Waals surface area contributed by atoms with E-state index in [1.165, 1.54) is 12.0 Å². The molecule has 1 aliphatic rings. The zero-order valence-corrected chi connectivity index (χ0v) is 9.88. The van der Waals surface area contributed by atoms with Crippen molar-refractivity contribution < 1.29 is 9.53 Å². The Bertz CT molecular complexity index is 569. The zero-order valence-electron chi connectivity index (χ0n) is 9.88. The van der Waals surface area contributed by atoms with Crippen molar-refractivity contribution in [3.05, 3.63) is 23.8 Å². The van der Waals surface area contributed by atoms with E-state index in [2.05, 4.69) is 6.07 Å². The Hall–Kier alpha value is -2.53. The lowest BCUT2D eigenvalue weighted by molar-refractivity contribution is -0.117. The highest BCUT2D eigenvalue weighted by atomic mass is 16.5. The molecule has 0 spiro atoms. The third-order valence-corrected chi connectivity index (χ3v) is 2.91. The van der Waals surface area contributed by atoms with Crippen molar-refractivity contribution >= 4 is 11.6 Å². The number of amides is 1. The molecule has 1 aromatic carbocycles. The Kier molecular flexibility index (Phi) is 3.16. The van der Waals surface area contributed by atoms with Gasteiger partial charge in [-0.3, -0.25) is 4.79 Å². The molecule has 1 aromatic rings. The van der Waals surface area contributed by atoms with Crippen LogP contribution < -0.4 is 9.64 Å². The summed E-state index contributed by atoms with van der Waals surface area (Å²) in [7, 11) is 1.49. The molecule has 2 rings (SSSR count). The average molecular weight is 241 g/mol. The Morgan fingerprint density at radius 3 is 2.78 bits per heavy atom. The Morgan fingerprint density at radius 2 is 2.22 bits per heavy atom. The highest BCUT2D eigenvalue weighted by molar-refractivity contribution is 5.97. The van der Waals surface area contributed by atoms with E-state index < -0.39 is 0 Å². The Balaban J connectivity index is 2.38. The van der Waals surface area contributed by atoms with Gasteiger partial charge in [0.1, 0.15) is 5.75 Å². The normalized spacial score (nSPS) is 18.3. The van der Waals surface area contributed by atoms with Gasteiger partial charge in [-0.1, -0.05) is 0 Å². The fourth-order valence-corrected chi connectivity index (χ4v) is 2.00. The van der Waals surface area contributed by atoms with Gasteiger partial charge in [0.2, 0.25) is 5.91 Å². The predicted octanol–water partition coefficient (Wildman–Crippen LogP) is 1.44. The topological polar surface area (TPSA) is 77.1 Å². The molecular weight excluding hydrogens is 230 g/mol. The van der Waals surface area contributed by atoms with Crippen molar-refractivity contribution in [2.45, 2.75) is 6.42 Å². The number of methoxy groups -OCH3 is 1. The molecule has 1 heterocycles. The fraction of sp³-hybridized carbons (Fsp3) is 0.308. The lowest BCUT2D eigenvalue weighted by Gasteiger charge is -2.19. The molecule has 1 fully saturated rings. The van der Waals surface area contributed by atoms with Gasteiger partial charge in [-0.05, 0) is 12.1 Å². The van der Waals surface area contributed by atoms with Crippen LogP contribution in [0.5, 0.6) is 5.75 Å². The molecule has 0 N–H and O–H groups in total. The van der Waals surface area contributed by atoms with Crippen LogP contribution in [-0.4, -0.2) is 19.6 Å². The lowest BCUT2D eigenvalue weighted by Crippen LogP contribution is -2.24. The quantitative estimate of drug-likeness (QED) is 0.785. The maximum absolute atomic E-state index is 11.8. The number of benzene rings is 1. The summed E-state index contributed by atoms with van der Waals surface area (Å²) >= 11 is 0. The number of carbonyl (C=O) groups is 1. The van der Waals surface area contributed by atoms with Gasteiger partial charge in [0.05, 0.1) is 36.4 Å². The van der Waals surface area contributed by atoms with E-state index >= 15 is 0 Å². The van der Waals surface area contributed by atoms with Gasteiger partial charge in [0, 0.05) is 19.0 Å². The summed E-state index contributed by atoms with van der Waals surface area (Å²) in [6, 6.07) is 9.00. The summed E-state index contributed by atoms with van der Waals surface area (Å²) in [6.45, 7) is 0.373. The minimum atomic E-state index is -0.280. The standard InChI is InChI=1S/C13H11N3O2/c1-18-12-4-9(6-14)2-3-11(12)16-8-10(7-15)5-13(16)17/h2-4,10H,5,8H2,1H3. The van der Waals surface area contributed by atoms with Crippen LogP contribution in [-0.2, 0) is 4.79 Å². The van der Waals surface area contributed by atoms with Crippen LogP contribution >= 0.6 is 0 Å². The van der Waals surface area contributed by atoms with E-state index in [-0.39, 0.29) is 18.2 Å². The number of nitriles is 2. The molecule has 5 nitrogen and oxygen atoms in total. The molecule has 0 aliphatic carbocycles. The van der Waals surface area contributed by atoms with Crippen molar-refractivity contribution in [3.63, 3.8) is 0 Å². The van der Waals surface area contributed by atoms with Crippen molar-refractivity contribution in [1.82, 2.24) is 0 Å². The van der Waals surface area contributed by atoms with Gasteiger partial charge in [-0.25, -0.2) is 0 Å². The predicted molar refractivity (Wildman–Crippen MR) is 63.8 cm³/mol. The van der Waals surface area contributed by atoms with Crippen molar-refractivity contribution in [2.24, 2.45) is 5.92 Å². The molecule has 1 atom stereocenters. The molecule has 5 heteroatoms. The second-order valence-electron chi connectivity index (χ2n) is 4.03. The highest BCUT2D eigenvalue weighted by Crippen LogP contribution is 2.33. The van der Waals surface area contributed by atoms with Gasteiger partial charge in [-0.15, -0.1) is 0 Å². The van der Waals surface area contributed by atoms with Gasteiger partial charge >= 0.3 is 0 Å². The lowest BCUT2D eigenvalue weighted by atomic mass is 10.1. The maximum Gasteiger partial charge on any atom is 0.228 e. The summed E-state index contributed by atoms with van der Waals surface area (Å²) in [6.07, 6.45) is 0.236. The molecule has 0 bridgehead atoms. The van der Waals surface area contributed by atoms with Gasteiger partial charge < -0.3 is 9.64 Å². The smallest absolute Gasteiger partial charge is 0.228 e. The second-order valence-corrected chi connectivity index (χ2v) is 4.03. The first-order valence-corrected chi connectivity index (χ1v) is 5.47. The summed E-state index contributed by atoms with van der Waals surface area (Å²) in [5.41, 5.74) is 1.08. The third kappa shape index (κ3) is 1.99. The second kappa shape index (κ2) is 4.77. The molecule has 90 valence electrons. The van der Waals surface area contributed by atoms with E-state index in [9.17, 15) is 4.79 Å². The minimum Gasteiger partial charge on any atom is -0.495 e. The number of hydrogen-bond donors (Lipinski definition) is 0. The van der Waals surface area contributed by atoms with Gasteiger partial charge in [0.15, 0.2) is 0 Å². The van der Waals surface area contributed by atoms with Crippen LogP contribution in [0.15, 0.2) is 18.2 Å². The van der Waals surface area contributed by atoms with Crippen LogP contribution in [0.25, 0.3) is 0 Å². The van der Waals surface area contributed by atoms with Crippen molar-refractivity contribution in [3.8, 4) is 17.9 Å². The Labute approximate surface area is 105 Å². The largest absolute Gasteiger partial charge is 0.495 e. The number of hydrogen-bond acceptors (Lipinski definition) is 4. The van der Waals surface area contributed by atoms with Crippen LogP contribution in [0, 0.1) is 28.6 Å². The van der Waals surface area contributed by atoms with E-state index in [0.717, 1.165) is 0 Å². The molecule has 0 aromatic heterocycles. The number of ether oxygens (including phenoxy) is 1. The first-order valence-electron chi connectivity index (χ1n) is 5.47. The molecule has 0 saturated carbocycles. The highest BCUT2D eigenvalue weighted by Gasteiger charge is 2.32. The zero-order chi connectivity index (χ0) is 13.1. The molecule has 0 radical (unpaired) electrons. The van der Waals surface area contributed by atoms with Crippen molar-refractivity contribution in [2.75, 3.05) is 18.6 Å². The van der Waals surface area contributed by atoms with E-state index in [1.807, 2.05) is 6.07 Å². The van der Waals surface area contributed by atoms with Crippen LogP contribution in [0.4, 0.5) is 5.69 Å². The summed E-state index contributed by atoms with van der Waals surface area (Å²) in [5, 5.41) is 17.7. The van der Waals surface area contributed by atoms with Crippen molar-refractivity contribution in [1.29, 1.82) is 10.5 Å². The molecule has 1 amide bonds. The molecule has 18 heavy (non-hydrogen) atoms. The maximum atomic E-state index is 11.8. The minimum absolute atomic E-state index is 0.0930. The summed E-state index contributed by atoms with van der Waals surface area (Å²) in [5.74, 6) is 0.100. The number of rotatable bonds is 2. The van der Waals surface area contributed by atoms with Gasteiger partial charge in [-0.2, -0.15) is 10.5 Å². The van der Waals surface area contributed by atoms with Gasteiger partial charge in [0.25, 0.3) is 0 Å². The van der Waals surface area contributed by atoms with E-state index in [1.54, 1.807) is 18.2 Å². The number of carbonyl (C=O) groups excluding carboxylic acids is 1. The summed E-state index contributed by atoms with van der Waals surface area (Å²) < 4.78 is 5.19. The van der Waals surface area contributed by atoms with E-state index in [0.29, 0.717) is 23.5 Å². The van der Waals surface area contributed by atoms with Crippen LogP contribution in [0.3, 0.4) is 0 Å². The Morgan fingerprint density at radius 1 is 1.44 bits per heavy atom. The van der Waals surface area contributed by atoms with Crippen LogP contribution in [0.1, 0.15) is 12.0 Å². The molecule has 1 aliphatic heterocycles. The molecular formula is C13H11N3O2. The SMILES string of the molecule is COc1cc(C#N)ccc1N1CC(C#N)CC1=O. The molecule has 1 saturated heterocycles. The first-order chi connectivity index (χ1) is 8.69. The fourth-order valence-electron chi connectivity index (χ4n) is 2.00. The number of anilines is 1. The first kappa shape index (κ1) is 11.9. The summed E-state index contributed by atoms with van der Waals surface area (Å²) in [4.78, 5) is 13.4. The van der Waals surface area contributed by atoms with E-state index in [4.69, 9.17) is 15.3 Å². The third-order valence-electron chi connectivity index (χ3n) is 2.91. The monoisotopic (exact) mass is 241 g/mol. The molecule has 1 unspecified atom stereocenters.